The number of hydrogen-bond acceptors (Lipinski definition) is 2. The van der Waals surface area contributed by atoms with Crippen LogP contribution in [0.15, 0.2) is 42.5 Å². The van der Waals surface area contributed by atoms with Gasteiger partial charge in [0.25, 0.3) is 0 Å². The summed E-state index contributed by atoms with van der Waals surface area (Å²) in [5, 5.41) is 9.79. The third-order valence-corrected chi connectivity index (χ3v) is 2.89. The lowest BCUT2D eigenvalue weighted by molar-refractivity contribution is -0.137. The molecule has 2 rings (SSSR count). The van der Waals surface area contributed by atoms with E-state index in [-0.39, 0.29) is 11.3 Å². The van der Waals surface area contributed by atoms with E-state index in [1.165, 1.54) is 30.4 Å². The lowest BCUT2D eigenvalue weighted by atomic mass is 10.1. The zero-order valence-corrected chi connectivity index (χ0v) is 10.8. The average molecular weight is 292 g/mol. The predicted molar refractivity (Wildman–Crippen MR) is 73.9 cm³/mol. The summed E-state index contributed by atoms with van der Waals surface area (Å²) in [6, 6.07) is 9.42. The van der Waals surface area contributed by atoms with Crippen LogP contribution in [-0.4, -0.2) is 11.4 Å². The molecule has 2 aromatic carbocycles. The van der Waals surface area contributed by atoms with Gasteiger partial charge in [0.05, 0.1) is 11.1 Å². The summed E-state index contributed by atoms with van der Waals surface area (Å²) in [6.45, 7) is 0. The van der Waals surface area contributed by atoms with Gasteiger partial charge in [-0.1, -0.05) is 36.4 Å². The van der Waals surface area contributed by atoms with Gasteiger partial charge in [-0.25, -0.2) is 0 Å². The van der Waals surface area contributed by atoms with Crippen LogP contribution in [0.2, 0.25) is 0 Å². The van der Waals surface area contributed by atoms with Crippen molar-refractivity contribution in [3.63, 3.8) is 0 Å². The molecular formula is C16H11F3O2. The van der Waals surface area contributed by atoms with E-state index in [1.54, 1.807) is 12.1 Å². The number of alkyl halides is 3. The van der Waals surface area contributed by atoms with E-state index in [0.717, 1.165) is 12.1 Å². The van der Waals surface area contributed by atoms with Gasteiger partial charge in [0.2, 0.25) is 0 Å². The molecule has 0 saturated carbocycles. The highest BCUT2D eigenvalue weighted by Gasteiger charge is 2.30. The van der Waals surface area contributed by atoms with E-state index < -0.39 is 11.7 Å². The van der Waals surface area contributed by atoms with Gasteiger partial charge in [-0.05, 0) is 23.8 Å². The minimum Gasteiger partial charge on any atom is -0.507 e. The van der Waals surface area contributed by atoms with Gasteiger partial charge in [0.15, 0.2) is 6.29 Å². The molecule has 0 atom stereocenters. The summed E-state index contributed by atoms with van der Waals surface area (Å²) in [4.78, 5) is 10.7. The number of para-hydroxylation sites is 1. The Labute approximate surface area is 119 Å². The smallest absolute Gasteiger partial charge is 0.416 e. The average Bonchev–Trinajstić information content (AvgIpc) is 2.45. The Morgan fingerprint density at radius 1 is 0.952 bits per heavy atom. The molecule has 2 aromatic rings. The van der Waals surface area contributed by atoms with E-state index >= 15 is 0 Å². The lowest BCUT2D eigenvalue weighted by Gasteiger charge is -2.07. The number of rotatable bonds is 3. The molecule has 0 aromatic heterocycles. The fourth-order valence-corrected chi connectivity index (χ4v) is 1.81. The maximum atomic E-state index is 12.6. The molecule has 0 fully saturated rings. The second-order valence-corrected chi connectivity index (χ2v) is 4.36. The number of carbonyl (C=O) groups excluding carboxylic acids is 1. The molecule has 0 saturated heterocycles. The van der Waals surface area contributed by atoms with Crippen LogP contribution in [0, 0.1) is 0 Å². The summed E-state index contributed by atoms with van der Waals surface area (Å²) in [5.41, 5.74) is 0.0921. The van der Waals surface area contributed by atoms with Crippen LogP contribution in [0.4, 0.5) is 13.2 Å². The van der Waals surface area contributed by atoms with Gasteiger partial charge in [0.1, 0.15) is 5.75 Å². The first kappa shape index (κ1) is 14.8. The van der Waals surface area contributed by atoms with Gasteiger partial charge in [-0.2, -0.15) is 13.2 Å². The largest absolute Gasteiger partial charge is 0.507 e. The van der Waals surface area contributed by atoms with E-state index in [2.05, 4.69) is 0 Å². The first-order chi connectivity index (χ1) is 9.91. The quantitative estimate of drug-likeness (QED) is 0.672. The standard InChI is InChI=1S/C16H11F3O2/c17-16(18,19)14-6-1-3-11(9-14)7-8-12-4-2-5-13(10-20)15(12)21/h1-10,21H. The first-order valence-corrected chi connectivity index (χ1v) is 6.04. The fraction of sp³-hybridized carbons (Fsp3) is 0.0625. The van der Waals surface area contributed by atoms with E-state index in [0.29, 0.717) is 17.4 Å². The monoisotopic (exact) mass is 292 g/mol. The van der Waals surface area contributed by atoms with Crippen LogP contribution < -0.4 is 0 Å². The highest BCUT2D eigenvalue weighted by Crippen LogP contribution is 2.30. The maximum Gasteiger partial charge on any atom is 0.416 e. The third kappa shape index (κ3) is 3.51. The molecule has 0 spiro atoms. The summed E-state index contributed by atoms with van der Waals surface area (Å²) >= 11 is 0. The van der Waals surface area contributed by atoms with Gasteiger partial charge in [-0.3, -0.25) is 4.79 Å². The predicted octanol–water partition coefficient (Wildman–Crippen LogP) is 4.39. The van der Waals surface area contributed by atoms with Crippen molar-refractivity contribution in [2.24, 2.45) is 0 Å². The Hall–Kier alpha value is -2.56. The molecule has 0 bridgehead atoms. The van der Waals surface area contributed by atoms with Crippen molar-refractivity contribution in [3.8, 4) is 5.75 Å². The number of benzene rings is 2. The van der Waals surface area contributed by atoms with Crippen molar-refractivity contribution in [1.29, 1.82) is 0 Å². The highest BCUT2D eigenvalue weighted by molar-refractivity contribution is 5.84. The Kier molecular flexibility index (Phi) is 4.12. The number of carbonyl (C=O) groups is 1. The van der Waals surface area contributed by atoms with Gasteiger partial charge in [0, 0.05) is 5.56 Å². The molecule has 0 heterocycles. The van der Waals surface area contributed by atoms with Crippen molar-refractivity contribution < 1.29 is 23.1 Å². The van der Waals surface area contributed by atoms with Crippen molar-refractivity contribution >= 4 is 18.4 Å². The Morgan fingerprint density at radius 2 is 1.62 bits per heavy atom. The van der Waals surface area contributed by atoms with Gasteiger partial charge >= 0.3 is 6.18 Å². The summed E-state index contributed by atoms with van der Waals surface area (Å²) in [7, 11) is 0. The number of phenols is 1. The molecule has 0 aliphatic rings. The van der Waals surface area contributed by atoms with Crippen molar-refractivity contribution in [1.82, 2.24) is 0 Å². The number of phenolic OH excluding ortho intramolecular Hbond substituents is 1. The topological polar surface area (TPSA) is 37.3 Å². The molecule has 0 unspecified atom stereocenters. The molecule has 0 aliphatic carbocycles. The molecule has 0 radical (unpaired) electrons. The van der Waals surface area contributed by atoms with E-state index in [9.17, 15) is 23.1 Å². The summed E-state index contributed by atoms with van der Waals surface area (Å²) in [5.74, 6) is -0.198. The Bertz CT molecular complexity index is 688. The first-order valence-electron chi connectivity index (χ1n) is 6.04. The number of halogens is 3. The third-order valence-electron chi connectivity index (χ3n) is 2.89. The number of aldehydes is 1. The summed E-state index contributed by atoms with van der Waals surface area (Å²) in [6.07, 6.45) is -0.989. The molecule has 21 heavy (non-hydrogen) atoms. The van der Waals surface area contributed by atoms with E-state index in [1.807, 2.05) is 0 Å². The van der Waals surface area contributed by atoms with Crippen molar-refractivity contribution in [2.75, 3.05) is 0 Å². The van der Waals surface area contributed by atoms with Crippen LogP contribution in [0.25, 0.3) is 12.2 Å². The Balaban J connectivity index is 2.32. The van der Waals surface area contributed by atoms with Crippen LogP contribution >= 0.6 is 0 Å². The minimum atomic E-state index is -4.40. The van der Waals surface area contributed by atoms with Crippen LogP contribution in [0.5, 0.6) is 5.75 Å². The highest BCUT2D eigenvalue weighted by atomic mass is 19.4. The van der Waals surface area contributed by atoms with Crippen LogP contribution in [0.1, 0.15) is 27.0 Å². The zero-order chi connectivity index (χ0) is 15.5. The van der Waals surface area contributed by atoms with Gasteiger partial charge < -0.3 is 5.11 Å². The molecule has 0 amide bonds. The number of aromatic hydroxyl groups is 1. The molecule has 5 heteroatoms. The van der Waals surface area contributed by atoms with Crippen LogP contribution in [0.3, 0.4) is 0 Å². The molecule has 2 nitrogen and oxygen atoms in total. The number of hydrogen-bond donors (Lipinski definition) is 1. The van der Waals surface area contributed by atoms with E-state index in [4.69, 9.17) is 0 Å². The van der Waals surface area contributed by atoms with Gasteiger partial charge in [-0.15, -0.1) is 0 Å². The van der Waals surface area contributed by atoms with Crippen LogP contribution in [-0.2, 0) is 6.18 Å². The molecular weight excluding hydrogens is 281 g/mol. The lowest BCUT2D eigenvalue weighted by Crippen LogP contribution is -2.04. The normalized spacial score (nSPS) is 11.8. The summed E-state index contributed by atoms with van der Waals surface area (Å²) < 4.78 is 37.8. The zero-order valence-electron chi connectivity index (χ0n) is 10.8. The van der Waals surface area contributed by atoms with Crippen molar-refractivity contribution in [3.05, 3.63) is 64.7 Å². The van der Waals surface area contributed by atoms with Crippen molar-refractivity contribution in [2.45, 2.75) is 6.18 Å². The second kappa shape index (κ2) is 5.83. The molecule has 1 N–H and O–H groups in total. The molecule has 108 valence electrons. The fourth-order valence-electron chi connectivity index (χ4n) is 1.81. The minimum absolute atomic E-state index is 0.126. The second-order valence-electron chi connectivity index (χ2n) is 4.36. The molecule has 0 aliphatic heterocycles. The Morgan fingerprint density at radius 3 is 2.29 bits per heavy atom. The maximum absolute atomic E-state index is 12.6. The SMILES string of the molecule is O=Cc1cccc(C=Cc2cccc(C(F)(F)F)c2)c1O.